The first-order valence-corrected chi connectivity index (χ1v) is 10.0. The summed E-state index contributed by atoms with van der Waals surface area (Å²) in [6.45, 7) is 0. The largest absolute Gasteiger partial charge is 0.465 e. The standard InChI is InChI=1S/C21H18N4O4S/c1-25-19(17-11-14-5-3-4-6-16(14)29-17)23-24-21(25)30-12-18(26)22-15-9-7-13(8-10-15)20(27)28-2/h3-11H,12H2,1-2H3,(H,22,26). The predicted molar refractivity (Wildman–Crippen MR) is 113 cm³/mol. The van der Waals surface area contributed by atoms with Crippen LogP contribution in [-0.2, 0) is 16.6 Å². The summed E-state index contributed by atoms with van der Waals surface area (Å²) in [6, 6.07) is 16.1. The molecule has 0 atom stereocenters. The van der Waals surface area contributed by atoms with E-state index in [0.29, 0.717) is 28.0 Å². The van der Waals surface area contributed by atoms with Crippen molar-refractivity contribution in [3.8, 4) is 11.6 Å². The molecule has 0 aliphatic rings. The number of nitrogens with one attached hydrogen (secondary N) is 1. The minimum absolute atomic E-state index is 0.158. The molecular weight excluding hydrogens is 404 g/mol. The van der Waals surface area contributed by atoms with Gasteiger partial charge in [0.05, 0.1) is 18.4 Å². The van der Waals surface area contributed by atoms with E-state index in [4.69, 9.17) is 4.42 Å². The summed E-state index contributed by atoms with van der Waals surface area (Å²) in [5.41, 5.74) is 1.79. The van der Waals surface area contributed by atoms with Gasteiger partial charge in [0, 0.05) is 18.1 Å². The summed E-state index contributed by atoms with van der Waals surface area (Å²) in [7, 11) is 3.15. The second kappa shape index (κ2) is 8.42. The summed E-state index contributed by atoms with van der Waals surface area (Å²) in [4.78, 5) is 23.7. The summed E-state index contributed by atoms with van der Waals surface area (Å²) in [5, 5.41) is 12.7. The number of methoxy groups -OCH3 is 1. The number of amides is 1. The molecule has 0 saturated heterocycles. The molecule has 4 aromatic rings. The van der Waals surface area contributed by atoms with Gasteiger partial charge in [-0.25, -0.2) is 4.79 Å². The minimum Gasteiger partial charge on any atom is -0.465 e. The molecule has 0 bridgehead atoms. The molecule has 8 nitrogen and oxygen atoms in total. The lowest BCUT2D eigenvalue weighted by Crippen LogP contribution is -2.14. The van der Waals surface area contributed by atoms with Gasteiger partial charge in [0.2, 0.25) is 5.91 Å². The van der Waals surface area contributed by atoms with E-state index >= 15 is 0 Å². The highest BCUT2D eigenvalue weighted by Gasteiger charge is 2.16. The Hall–Kier alpha value is -3.59. The van der Waals surface area contributed by atoms with Gasteiger partial charge in [0.25, 0.3) is 0 Å². The molecule has 0 saturated carbocycles. The van der Waals surface area contributed by atoms with E-state index in [1.165, 1.54) is 18.9 Å². The number of esters is 1. The second-order valence-electron chi connectivity index (χ2n) is 6.42. The smallest absolute Gasteiger partial charge is 0.337 e. The van der Waals surface area contributed by atoms with Crippen molar-refractivity contribution in [3.05, 3.63) is 60.2 Å². The number of hydrogen-bond acceptors (Lipinski definition) is 7. The van der Waals surface area contributed by atoms with E-state index in [1.807, 2.05) is 37.4 Å². The molecule has 1 amide bonds. The van der Waals surface area contributed by atoms with Crippen molar-refractivity contribution >= 4 is 40.3 Å². The fourth-order valence-electron chi connectivity index (χ4n) is 2.88. The molecule has 1 N–H and O–H groups in total. The predicted octanol–water partition coefficient (Wildman–Crippen LogP) is 3.75. The highest BCUT2D eigenvalue weighted by atomic mass is 32.2. The number of para-hydroxylation sites is 1. The molecule has 0 aliphatic carbocycles. The van der Waals surface area contributed by atoms with Gasteiger partial charge in [0.15, 0.2) is 16.7 Å². The first-order chi connectivity index (χ1) is 14.5. The maximum absolute atomic E-state index is 12.3. The van der Waals surface area contributed by atoms with Crippen molar-refractivity contribution in [2.45, 2.75) is 5.16 Å². The van der Waals surface area contributed by atoms with Crippen LogP contribution < -0.4 is 5.32 Å². The summed E-state index contributed by atoms with van der Waals surface area (Å²) in [6.07, 6.45) is 0. The molecule has 0 unspecified atom stereocenters. The summed E-state index contributed by atoms with van der Waals surface area (Å²) < 4.78 is 12.3. The molecular formula is C21H18N4O4S. The molecule has 2 heterocycles. The summed E-state index contributed by atoms with van der Waals surface area (Å²) in [5.74, 6) is 0.746. The monoisotopic (exact) mass is 422 g/mol. The highest BCUT2D eigenvalue weighted by molar-refractivity contribution is 7.99. The number of nitrogens with zero attached hydrogens (tertiary/aromatic N) is 3. The van der Waals surface area contributed by atoms with Crippen molar-refractivity contribution in [1.29, 1.82) is 0 Å². The number of hydrogen-bond donors (Lipinski definition) is 1. The Balaban J connectivity index is 1.39. The lowest BCUT2D eigenvalue weighted by atomic mass is 10.2. The maximum atomic E-state index is 12.3. The van der Waals surface area contributed by atoms with Gasteiger partial charge in [-0.3, -0.25) is 4.79 Å². The van der Waals surface area contributed by atoms with Gasteiger partial charge in [-0.05, 0) is 36.4 Å². The zero-order valence-electron chi connectivity index (χ0n) is 16.3. The molecule has 30 heavy (non-hydrogen) atoms. The third kappa shape index (κ3) is 4.06. The van der Waals surface area contributed by atoms with Crippen molar-refractivity contribution in [3.63, 3.8) is 0 Å². The SMILES string of the molecule is COC(=O)c1ccc(NC(=O)CSc2nnc(-c3cc4ccccc4o3)n2C)cc1. The first-order valence-electron chi connectivity index (χ1n) is 9.04. The van der Waals surface area contributed by atoms with Crippen LogP contribution >= 0.6 is 11.8 Å². The second-order valence-corrected chi connectivity index (χ2v) is 7.36. The quantitative estimate of drug-likeness (QED) is 0.373. The molecule has 152 valence electrons. The molecule has 2 aromatic carbocycles. The third-order valence-corrected chi connectivity index (χ3v) is 5.42. The van der Waals surface area contributed by atoms with Crippen LogP contribution in [0.2, 0.25) is 0 Å². The van der Waals surface area contributed by atoms with Crippen LogP contribution in [0.25, 0.3) is 22.6 Å². The lowest BCUT2D eigenvalue weighted by Gasteiger charge is -2.06. The Kier molecular flexibility index (Phi) is 5.53. The molecule has 9 heteroatoms. The van der Waals surface area contributed by atoms with E-state index < -0.39 is 5.97 Å². The number of anilines is 1. The Labute approximate surface area is 176 Å². The molecule has 0 radical (unpaired) electrons. The number of carbonyl (C=O) groups is 2. The van der Waals surface area contributed by atoms with Crippen LogP contribution in [-0.4, -0.2) is 39.5 Å². The number of ether oxygens (including phenoxy) is 1. The van der Waals surface area contributed by atoms with Gasteiger partial charge in [0.1, 0.15) is 5.58 Å². The number of benzene rings is 2. The number of furan rings is 1. The molecule has 0 spiro atoms. The average molecular weight is 422 g/mol. The van der Waals surface area contributed by atoms with Gasteiger partial charge in [-0.2, -0.15) is 0 Å². The Morgan fingerprint density at radius 3 is 2.63 bits per heavy atom. The fourth-order valence-corrected chi connectivity index (χ4v) is 3.59. The Morgan fingerprint density at radius 1 is 1.13 bits per heavy atom. The van der Waals surface area contributed by atoms with Crippen LogP contribution in [0, 0.1) is 0 Å². The van der Waals surface area contributed by atoms with Crippen LogP contribution in [0.5, 0.6) is 0 Å². The highest BCUT2D eigenvalue weighted by Crippen LogP contribution is 2.28. The van der Waals surface area contributed by atoms with E-state index in [9.17, 15) is 9.59 Å². The maximum Gasteiger partial charge on any atom is 0.337 e. The number of fused-ring (bicyclic) bond motifs is 1. The molecule has 0 fully saturated rings. The van der Waals surface area contributed by atoms with Crippen molar-refractivity contribution in [2.24, 2.45) is 7.05 Å². The molecule has 4 rings (SSSR count). The minimum atomic E-state index is -0.425. The van der Waals surface area contributed by atoms with Crippen LogP contribution in [0.1, 0.15) is 10.4 Å². The van der Waals surface area contributed by atoms with Crippen molar-refractivity contribution in [1.82, 2.24) is 14.8 Å². The summed E-state index contributed by atoms with van der Waals surface area (Å²) >= 11 is 1.27. The van der Waals surface area contributed by atoms with E-state index in [0.717, 1.165) is 11.0 Å². The molecule has 0 aliphatic heterocycles. The average Bonchev–Trinajstić information content (AvgIpc) is 3.35. The zero-order valence-corrected chi connectivity index (χ0v) is 17.1. The molecule has 2 aromatic heterocycles. The third-order valence-electron chi connectivity index (χ3n) is 4.40. The fraction of sp³-hybridized carbons (Fsp3) is 0.143. The Bertz CT molecular complexity index is 1180. The number of rotatable bonds is 6. The van der Waals surface area contributed by atoms with Gasteiger partial charge >= 0.3 is 5.97 Å². The van der Waals surface area contributed by atoms with Crippen molar-refractivity contribution < 1.29 is 18.7 Å². The van der Waals surface area contributed by atoms with Gasteiger partial charge in [-0.15, -0.1) is 10.2 Å². The zero-order chi connectivity index (χ0) is 21.1. The van der Waals surface area contributed by atoms with Gasteiger partial charge < -0.3 is 19.0 Å². The lowest BCUT2D eigenvalue weighted by molar-refractivity contribution is -0.113. The number of thioether (sulfide) groups is 1. The Morgan fingerprint density at radius 2 is 1.90 bits per heavy atom. The van der Waals surface area contributed by atoms with Gasteiger partial charge in [-0.1, -0.05) is 30.0 Å². The number of carbonyl (C=O) groups excluding carboxylic acids is 2. The van der Waals surface area contributed by atoms with E-state index in [1.54, 1.807) is 28.8 Å². The topological polar surface area (TPSA) is 99.2 Å². The van der Waals surface area contributed by atoms with E-state index in [-0.39, 0.29) is 11.7 Å². The normalized spacial score (nSPS) is 10.9. The first kappa shape index (κ1) is 19.7. The van der Waals surface area contributed by atoms with E-state index in [2.05, 4.69) is 20.3 Å². The number of aromatic nitrogens is 3. The van der Waals surface area contributed by atoms with Crippen LogP contribution in [0.3, 0.4) is 0 Å². The van der Waals surface area contributed by atoms with Crippen LogP contribution in [0.4, 0.5) is 5.69 Å². The van der Waals surface area contributed by atoms with Crippen molar-refractivity contribution in [2.75, 3.05) is 18.2 Å². The van der Waals surface area contributed by atoms with Crippen LogP contribution in [0.15, 0.2) is 64.2 Å².